The van der Waals surface area contributed by atoms with Gasteiger partial charge in [0.1, 0.15) is 5.82 Å². The van der Waals surface area contributed by atoms with Crippen molar-refractivity contribution in [2.45, 2.75) is 6.92 Å². The zero-order valence-corrected chi connectivity index (χ0v) is 11.0. The number of allylic oxidation sites excluding steroid dienone is 2. The smallest absolute Gasteiger partial charge is 0.224 e. The third-order valence-electron chi connectivity index (χ3n) is 2.01. The lowest BCUT2D eigenvalue weighted by molar-refractivity contribution is 1.10. The fourth-order valence-corrected chi connectivity index (χ4v) is 1.44. The van der Waals surface area contributed by atoms with Gasteiger partial charge >= 0.3 is 0 Å². The molecule has 0 saturated heterocycles. The van der Waals surface area contributed by atoms with E-state index < -0.39 is 0 Å². The molecule has 1 aromatic heterocycles. The van der Waals surface area contributed by atoms with Crippen LogP contribution in [0.15, 0.2) is 42.1 Å². The van der Waals surface area contributed by atoms with Gasteiger partial charge in [-0.25, -0.2) is 9.97 Å². The number of hydrogen-bond donors (Lipinski definition) is 1. The first-order chi connectivity index (χ1) is 8.02. The first-order valence-electron chi connectivity index (χ1n) is 4.93. The number of aryl methyl sites for hydroxylation is 1. The highest BCUT2D eigenvalue weighted by Crippen LogP contribution is 2.14. The molecular formula is C12H13Cl2N3. The minimum absolute atomic E-state index is 0.212. The van der Waals surface area contributed by atoms with E-state index in [-0.39, 0.29) is 5.28 Å². The first kappa shape index (κ1) is 13.7. The third kappa shape index (κ3) is 4.59. The van der Waals surface area contributed by atoms with Gasteiger partial charge in [-0.1, -0.05) is 30.8 Å². The Morgan fingerprint density at radius 2 is 2.29 bits per heavy atom. The van der Waals surface area contributed by atoms with Gasteiger partial charge in [-0.05, 0) is 30.2 Å². The molecule has 17 heavy (non-hydrogen) atoms. The molecule has 1 rings (SSSR count). The Morgan fingerprint density at radius 1 is 1.59 bits per heavy atom. The normalized spacial score (nSPS) is 11.1. The summed E-state index contributed by atoms with van der Waals surface area (Å²) < 4.78 is 0. The lowest BCUT2D eigenvalue weighted by Gasteiger charge is -2.08. The van der Waals surface area contributed by atoms with Crippen LogP contribution in [-0.4, -0.2) is 16.5 Å². The van der Waals surface area contributed by atoms with Crippen molar-refractivity contribution in [2.75, 3.05) is 11.9 Å². The van der Waals surface area contributed by atoms with Crippen molar-refractivity contribution < 1.29 is 0 Å². The molecule has 0 saturated carbocycles. The average Bonchev–Trinajstić information content (AvgIpc) is 2.28. The minimum atomic E-state index is 0.212. The van der Waals surface area contributed by atoms with Crippen molar-refractivity contribution in [1.29, 1.82) is 0 Å². The van der Waals surface area contributed by atoms with Gasteiger partial charge in [-0.2, -0.15) is 0 Å². The third-order valence-corrected chi connectivity index (χ3v) is 2.30. The van der Waals surface area contributed by atoms with E-state index in [9.17, 15) is 0 Å². The molecular weight excluding hydrogens is 257 g/mol. The first-order valence-corrected chi connectivity index (χ1v) is 5.69. The average molecular weight is 270 g/mol. The van der Waals surface area contributed by atoms with Crippen molar-refractivity contribution in [1.82, 2.24) is 9.97 Å². The molecule has 1 N–H and O–H groups in total. The van der Waals surface area contributed by atoms with Crippen LogP contribution in [-0.2, 0) is 0 Å². The molecule has 1 heterocycles. The van der Waals surface area contributed by atoms with Gasteiger partial charge in [0.15, 0.2) is 0 Å². The molecule has 0 bridgehead atoms. The van der Waals surface area contributed by atoms with Crippen LogP contribution >= 0.6 is 23.2 Å². The molecule has 0 amide bonds. The highest BCUT2D eigenvalue weighted by molar-refractivity contribution is 6.30. The summed E-state index contributed by atoms with van der Waals surface area (Å²) in [5.74, 6) is 0.693. The number of aromatic nitrogens is 2. The Kier molecular flexibility index (Phi) is 5.19. The number of rotatable bonds is 5. The summed E-state index contributed by atoms with van der Waals surface area (Å²) in [6.07, 6.45) is 5.10. The predicted molar refractivity (Wildman–Crippen MR) is 73.5 cm³/mol. The molecule has 0 unspecified atom stereocenters. The highest BCUT2D eigenvalue weighted by Gasteiger charge is 2.02. The van der Waals surface area contributed by atoms with Gasteiger partial charge in [-0.15, -0.1) is 0 Å². The molecule has 0 radical (unpaired) electrons. The molecule has 0 aromatic carbocycles. The fraction of sp³-hybridized carbons (Fsp3) is 0.167. The second-order valence-electron chi connectivity index (χ2n) is 3.39. The summed E-state index contributed by atoms with van der Waals surface area (Å²) in [7, 11) is 0. The summed E-state index contributed by atoms with van der Waals surface area (Å²) in [6.45, 7) is 9.74. The molecule has 0 atom stereocenters. The van der Waals surface area contributed by atoms with E-state index >= 15 is 0 Å². The second-order valence-corrected chi connectivity index (χ2v) is 4.22. The maximum atomic E-state index is 5.72. The quantitative estimate of drug-likeness (QED) is 0.654. The Balaban J connectivity index is 2.75. The van der Waals surface area contributed by atoms with Gasteiger partial charge in [0.25, 0.3) is 0 Å². The van der Waals surface area contributed by atoms with Crippen LogP contribution in [0, 0.1) is 6.92 Å². The van der Waals surface area contributed by atoms with Crippen molar-refractivity contribution in [3.05, 3.63) is 53.0 Å². The summed E-state index contributed by atoms with van der Waals surface area (Å²) in [6, 6.07) is 0. The number of nitrogens with zero attached hydrogens (tertiary/aromatic N) is 2. The Bertz CT molecular complexity index is 467. The van der Waals surface area contributed by atoms with E-state index in [1.54, 1.807) is 18.3 Å². The van der Waals surface area contributed by atoms with Gasteiger partial charge in [-0.3, -0.25) is 0 Å². The summed E-state index contributed by atoms with van der Waals surface area (Å²) in [5.41, 5.74) is 1.83. The zero-order valence-electron chi connectivity index (χ0n) is 9.50. The van der Waals surface area contributed by atoms with E-state index in [0.29, 0.717) is 17.4 Å². The van der Waals surface area contributed by atoms with Crippen LogP contribution < -0.4 is 5.32 Å². The van der Waals surface area contributed by atoms with Crippen molar-refractivity contribution >= 4 is 29.0 Å². The van der Waals surface area contributed by atoms with Crippen molar-refractivity contribution in [3.63, 3.8) is 0 Å². The number of anilines is 1. The fourth-order valence-electron chi connectivity index (χ4n) is 1.17. The van der Waals surface area contributed by atoms with Crippen LogP contribution in [0.1, 0.15) is 5.56 Å². The predicted octanol–water partition coefficient (Wildman–Crippen LogP) is 3.72. The lowest BCUT2D eigenvalue weighted by Crippen LogP contribution is -2.07. The van der Waals surface area contributed by atoms with E-state index in [2.05, 4.69) is 28.4 Å². The van der Waals surface area contributed by atoms with Crippen LogP contribution in [0.25, 0.3) is 0 Å². The maximum Gasteiger partial charge on any atom is 0.224 e. The van der Waals surface area contributed by atoms with Crippen LogP contribution in [0.4, 0.5) is 5.82 Å². The molecule has 0 fully saturated rings. The summed E-state index contributed by atoms with van der Waals surface area (Å²) in [4.78, 5) is 7.96. The molecule has 0 aliphatic carbocycles. The zero-order chi connectivity index (χ0) is 12.8. The molecule has 3 nitrogen and oxygen atoms in total. The Morgan fingerprint density at radius 3 is 2.88 bits per heavy atom. The van der Waals surface area contributed by atoms with Gasteiger partial charge in [0.05, 0.1) is 0 Å². The number of nitrogens with one attached hydrogen (secondary N) is 1. The van der Waals surface area contributed by atoms with Crippen molar-refractivity contribution in [3.8, 4) is 0 Å². The molecule has 0 spiro atoms. The van der Waals surface area contributed by atoms with E-state index in [1.807, 2.05) is 6.92 Å². The largest absolute Gasteiger partial charge is 0.366 e. The molecule has 0 aliphatic heterocycles. The van der Waals surface area contributed by atoms with Gasteiger partial charge in [0.2, 0.25) is 5.28 Å². The second kappa shape index (κ2) is 6.42. The Labute approximate surface area is 111 Å². The maximum absolute atomic E-state index is 5.72. The molecule has 1 aromatic rings. The topological polar surface area (TPSA) is 37.8 Å². The van der Waals surface area contributed by atoms with Gasteiger partial charge in [0, 0.05) is 23.3 Å². The standard InChI is InChI=1S/C12H13Cl2N3/c1-4-10(5-9(3)13)7-15-11-8(2)6-16-12(14)17-11/h4-6H,1,3,7H2,2H3,(H,15,16,17)/b10-5+. The summed E-state index contributed by atoms with van der Waals surface area (Å²) >= 11 is 11.4. The van der Waals surface area contributed by atoms with Crippen LogP contribution in [0.3, 0.4) is 0 Å². The Hall–Kier alpha value is -1.32. The van der Waals surface area contributed by atoms with E-state index in [1.165, 1.54) is 0 Å². The SMILES string of the molecule is C=C/C(=C\C(=C)Cl)CNc1nc(Cl)ncc1C. The molecule has 90 valence electrons. The monoisotopic (exact) mass is 269 g/mol. The summed E-state index contributed by atoms with van der Waals surface area (Å²) in [5, 5.41) is 3.80. The molecule has 0 aliphatic rings. The van der Waals surface area contributed by atoms with Gasteiger partial charge < -0.3 is 5.32 Å². The molecule has 5 heteroatoms. The van der Waals surface area contributed by atoms with Crippen LogP contribution in [0.5, 0.6) is 0 Å². The minimum Gasteiger partial charge on any atom is -0.366 e. The highest BCUT2D eigenvalue weighted by atomic mass is 35.5. The van der Waals surface area contributed by atoms with E-state index in [0.717, 1.165) is 11.1 Å². The van der Waals surface area contributed by atoms with Crippen LogP contribution in [0.2, 0.25) is 5.28 Å². The number of halogens is 2. The van der Waals surface area contributed by atoms with E-state index in [4.69, 9.17) is 23.2 Å². The number of hydrogen-bond acceptors (Lipinski definition) is 3. The van der Waals surface area contributed by atoms with Crippen molar-refractivity contribution in [2.24, 2.45) is 0 Å². The lowest BCUT2D eigenvalue weighted by atomic mass is 10.2.